The van der Waals surface area contributed by atoms with Crippen LogP contribution in [0.2, 0.25) is 0 Å². The number of aliphatic hydroxyl groups is 1. The van der Waals surface area contributed by atoms with Gasteiger partial charge in [0.15, 0.2) is 17.9 Å². The summed E-state index contributed by atoms with van der Waals surface area (Å²) in [5, 5.41) is 10.4. The molecule has 0 saturated carbocycles. The van der Waals surface area contributed by atoms with Crippen molar-refractivity contribution >= 4 is 5.97 Å². The number of piperidine rings is 1. The average Bonchev–Trinajstić information content (AvgIpc) is 2.65. The van der Waals surface area contributed by atoms with Crippen molar-refractivity contribution in [2.75, 3.05) is 32.8 Å². The number of hydrogen-bond donors (Lipinski definition) is 1. The number of benzene rings is 1. The number of carbonyl (C=O) groups excluding carboxylic acids is 1. The van der Waals surface area contributed by atoms with E-state index in [2.05, 4.69) is 4.90 Å². The fraction of sp³-hybridized carbons (Fsp3) is 0.667. The van der Waals surface area contributed by atoms with Gasteiger partial charge in [-0.15, -0.1) is 0 Å². The number of nitrogens with zero attached hydrogens (tertiary/aromatic N) is 1. The van der Waals surface area contributed by atoms with Gasteiger partial charge in [0.25, 0.3) is 0 Å². The minimum atomic E-state index is -1.06. The molecule has 1 unspecified atom stereocenters. The van der Waals surface area contributed by atoms with Crippen molar-refractivity contribution in [2.45, 2.75) is 45.3 Å². The van der Waals surface area contributed by atoms with Crippen LogP contribution in [0.5, 0.6) is 0 Å². The lowest BCUT2D eigenvalue weighted by Crippen LogP contribution is -2.50. The minimum Gasteiger partial charge on any atom is -0.466 e. The first-order valence-corrected chi connectivity index (χ1v) is 9.98. The SMILES string of the molecule is CCOC(=O)[C@]1(C)CCCN(C[C@@H]2CCOC(O)[C@H]2c2ccc(F)c(F)c2)C1. The van der Waals surface area contributed by atoms with Crippen molar-refractivity contribution < 1.29 is 28.2 Å². The lowest BCUT2D eigenvalue weighted by atomic mass is 9.78. The van der Waals surface area contributed by atoms with Crippen LogP contribution in [-0.4, -0.2) is 55.1 Å². The highest BCUT2D eigenvalue weighted by molar-refractivity contribution is 5.76. The van der Waals surface area contributed by atoms with E-state index in [1.165, 1.54) is 6.07 Å². The first-order valence-electron chi connectivity index (χ1n) is 9.98. The molecule has 3 rings (SSSR count). The third-order valence-electron chi connectivity index (χ3n) is 5.96. The standard InChI is InChI=1S/C21H29F2NO4/c1-3-27-20(26)21(2)8-4-9-24(13-21)12-15-7-10-28-19(25)18(15)14-5-6-16(22)17(23)11-14/h5-6,11,15,18-19,25H,3-4,7-10,12-13H2,1-2H3/t15-,18-,19?,21+/m0/s1. The summed E-state index contributed by atoms with van der Waals surface area (Å²) in [6, 6.07) is 3.73. The Bertz CT molecular complexity index is 701. The molecule has 0 aliphatic carbocycles. The Morgan fingerprint density at radius 1 is 1.39 bits per heavy atom. The molecule has 1 N–H and O–H groups in total. The monoisotopic (exact) mass is 397 g/mol. The summed E-state index contributed by atoms with van der Waals surface area (Å²) in [6.45, 7) is 6.60. The Morgan fingerprint density at radius 3 is 2.89 bits per heavy atom. The number of rotatable bonds is 5. The van der Waals surface area contributed by atoms with Crippen LogP contribution in [0.25, 0.3) is 0 Å². The van der Waals surface area contributed by atoms with Gasteiger partial charge in [0.05, 0.1) is 18.6 Å². The zero-order chi connectivity index (χ0) is 20.3. The van der Waals surface area contributed by atoms with Crippen LogP contribution in [-0.2, 0) is 14.3 Å². The van der Waals surface area contributed by atoms with E-state index in [-0.39, 0.29) is 11.9 Å². The van der Waals surface area contributed by atoms with Crippen molar-refractivity contribution in [3.05, 3.63) is 35.4 Å². The molecule has 2 fully saturated rings. The molecule has 2 saturated heterocycles. The molecule has 2 heterocycles. The maximum Gasteiger partial charge on any atom is 0.313 e. The highest BCUT2D eigenvalue weighted by atomic mass is 19.2. The molecule has 0 spiro atoms. The molecular formula is C21H29F2NO4. The number of ether oxygens (including phenoxy) is 2. The van der Waals surface area contributed by atoms with E-state index in [1.807, 2.05) is 6.92 Å². The summed E-state index contributed by atoms with van der Waals surface area (Å²) >= 11 is 0. The summed E-state index contributed by atoms with van der Waals surface area (Å²) < 4.78 is 37.7. The number of aliphatic hydroxyl groups excluding tert-OH is 1. The third-order valence-corrected chi connectivity index (χ3v) is 5.96. The van der Waals surface area contributed by atoms with Gasteiger partial charge in [0, 0.05) is 19.0 Å². The normalized spacial score (nSPS) is 31.5. The molecule has 0 radical (unpaired) electrons. The van der Waals surface area contributed by atoms with E-state index in [9.17, 15) is 18.7 Å². The molecule has 1 aromatic rings. The predicted octanol–water partition coefficient (Wildman–Crippen LogP) is 3.07. The second kappa shape index (κ2) is 8.84. The third kappa shape index (κ3) is 4.53. The van der Waals surface area contributed by atoms with Crippen LogP contribution in [0.3, 0.4) is 0 Å². The van der Waals surface area contributed by atoms with Gasteiger partial charge in [-0.1, -0.05) is 6.07 Å². The number of carbonyl (C=O) groups is 1. The molecule has 156 valence electrons. The molecular weight excluding hydrogens is 368 g/mol. The van der Waals surface area contributed by atoms with Crippen LogP contribution in [0.15, 0.2) is 18.2 Å². The van der Waals surface area contributed by atoms with Crippen LogP contribution < -0.4 is 0 Å². The van der Waals surface area contributed by atoms with Crippen molar-refractivity contribution in [1.29, 1.82) is 0 Å². The predicted molar refractivity (Wildman–Crippen MR) is 99.6 cm³/mol. The Labute approximate surface area is 164 Å². The van der Waals surface area contributed by atoms with E-state index < -0.39 is 29.3 Å². The van der Waals surface area contributed by atoms with E-state index >= 15 is 0 Å². The molecule has 7 heteroatoms. The largest absolute Gasteiger partial charge is 0.466 e. The van der Waals surface area contributed by atoms with Gasteiger partial charge < -0.3 is 19.5 Å². The Morgan fingerprint density at radius 2 is 2.18 bits per heavy atom. The number of hydrogen-bond acceptors (Lipinski definition) is 5. The zero-order valence-electron chi connectivity index (χ0n) is 16.5. The second-order valence-electron chi connectivity index (χ2n) is 8.13. The molecule has 1 aromatic carbocycles. The van der Waals surface area contributed by atoms with Gasteiger partial charge >= 0.3 is 5.97 Å². The molecule has 2 aliphatic heterocycles. The minimum absolute atomic E-state index is 0.0122. The topological polar surface area (TPSA) is 59.0 Å². The first kappa shape index (κ1) is 21.1. The molecule has 28 heavy (non-hydrogen) atoms. The lowest BCUT2D eigenvalue weighted by molar-refractivity contribution is -0.163. The Hall–Kier alpha value is -1.57. The van der Waals surface area contributed by atoms with Crippen molar-refractivity contribution in [1.82, 2.24) is 4.90 Å². The molecule has 4 atom stereocenters. The number of likely N-dealkylation sites (tertiary alicyclic amines) is 1. The zero-order valence-corrected chi connectivity index (χ0v) is 16.5. The van der Waals surface area contributed by atoms with E-state index in [4.69, 9.17) is 9.47 Å². The maximum atomic E-state index is 13.8. The average molecular weight is 397 g/mol. The molecule has 5 nitrogen and oxygen atoms in total. The smallest absolute Gasteiger partial charge is 0.313 e. The van der Waals surface area contributed by atoms with E-state index in [0.717, 1.165) is 31.5 Å². The van der Waals surface area contributed by atoms with Crippen LogP contribution in [0, 0.1) is 23.0 Å². The van der Waals surface area contributed by atoms with Gasteiger partial charge in [-0.05, 0) is 63.3 Å². The van der Waals surface area contributed by atoms with Crippen LogP contribution >= 0.6 is 0 Å². The second-order valence-corrected chi connectivity index (χ2v) is 8.13. The van der Waals surface area contributed by atoms with E-state index in [0.29, 0.717) is 38.3 Å². The fourth-order valence-electron chi connectivity index (χ4n) is 4.52. The van der Waals surface area contributed by atoms with Crippen LogP contribution in [0.4, 0.5) is 8.78 Å². The van der Waals surface area contributed by atoms with Crippen molar-refractivity contribution in [3.8, 4) is 0 Å². The van der Waals surface area contributed by atoms with Gasteiger partial charge in [0.1, 0.15) is 0 Å². The molecule has 0 amide bonds. The van der Waals surface area contributed by atoms with Crippen LogP contribution in [0.1, 0.15) is 44.6 Å². The summed E-state index contributed by atoms with van der Waals surface area (Å²) in [5.41, 5.74) is -0.0172. The van der Waals surface area contributed by atoms with Gasteiger partial charge in [-0.25, -0.2) is 8.78 Å². The molecule has 0 bridgehead atoms. The maximum absolute atomic E-state index is 13.8. The number of halogens is 2. The summed E-state index contributed by atoms with van der Waals surface area (Å²) in [4.78, 5) is 14.6. The highest BCUT2D eigenvalue weighted by Crippen LogP contribution is 2.38. The highest BCUT2D eigenvalue weighted by Gasteiger charge is 2.41. The lowest BCUT2D eigenvalue weighted by Gasteiger charge is -2.43. The Balaban J connectivity index is 1.75. The Kier molecular flexibility index (Phi) is 6.68. The summed E-state index contributed by atoms with van der Waals surface area (Å²) in [7, 11) is 0. The molecule has 2 aliphatic rings. The van der Waals surface area contributed by atoms with E-state index in [1.54, 1.807) is 6.92 Å². The van der Waals surface area contributed by atoms with Crippen molar-refractivity contribution in [3.63, 3.8) is 0 Å². The summed E-state index contributed by atoms with van der Waals surface area (Å²) in [5.74, 6) is -2.45. The van der Waals surface area contributed by atoms with Gasteiger partial charge in [0.2, 0.25) is 0 Å². The fourth-order valence-corrected chi connectivity index (χ4v) is 4.52. The first-order chi connectivity index (χ1) is 13.3. The quantitative estimate of drug-likeness (QED) is 0.774. The van der Waals surface area contributed by atoms with Gasteiger partial charge in [-0.3, -0.25) is 4.79 Å². The summed E-state index contributed by atoms with van der Waals surface area (Å²) in [6.07, 6.45) is 1.31. The number of esters is 1. The van der Waals surface area contributed by atoms with Crippen molar-refractivity contribution in [2.24, 2.45) is 11.3 Å². The van der Waals surface area contributed by atoms with Gasteiger partial charge in [-0.2, -0.15) is 0 Å². The molecule has 0 aromatic heterocycles.